The third-order valence-corrected chi connectivity index (χ3v) is 5.41. The molecular formula is C16H20N2O3S. The Balaban J connectivity index is 1.87. The van der Waals surface area contributed by atoms with Crippen molar-refractivity contribution in [2.75, 3.05) is 23.7 Å². The largest absolute Gasteiger partial charge is 0.467 e. The minimum atomic E-state index is -3.23. The summed E-state index contributed by atoms with van der Waals surface area (Å²) in [6.45, 7) is 2.80. The van der Waals surface area contributed by atoms with Crippen molar-refractivity contribution in [3.05, 3.63) is 54.0 Å². The van der Waals surface area contributed by atoms with E-state index in [1.165, 1.54) is 5.56 Å². The van der Waals surface area contributed by atoms with E-state index in [0.717, 1.165) is 24.4 Å². The zero-order valence-electron chi connectivity index (χ0n) is 12.5. The molecule has 0 aliphatic carbocycles. The first-order chi connectivity index (χ1) is 10.6. The number of nitrogens with one attached hydrogen (secondary N) is 1. The van der Waals surface area contributed by atoms with Crippen LogP contribution in [0.5, 0.6) is 0 Å². The SMILES string of the molecule is CCS(=O)(=O)NCC(c1ccco1)N1CCc2ccccc21. The summed E-state index contributed by atoms with van der Waals surface area (Å²) in [6, 6.07) is 11.8. The highest BCUT2D eigenvalue weighted by molar-refractivity contribution is 7.89. The first kappa shape index (κ1) is 15.1. The second-order valence-corrected chi connectivity index (χ2v) is 7.45. The van der Waals surface area contributed by atoms with E-state index >= 15 is 0 Å². The molecule has 3 rings (SSSR count). The summed E-state index contributed by atoms with van der Waals surface area (Å²) in [7, 11) is -3.23. The molecule has 0 radical (unpaired) electrons. The lowest BCUT2D eigenvalue weighted by molar-refractivity contribution is 0.447. The summed E-state index contributed by atoms with van der Waals surface area (Å²) in [4.78, 5) is 2.21. The molecule has 0 saturated heterocycles. The molecule has 0 saturated carbocycles. The zero-order chi connectivity index (χ0) is 15.6. The fourth-order valence-corrected chi connectivity index (χ4v) is 3.46. The fraction of sp³-hybridized carbons (Fsp3) is 0.375. The van der Waals surface area contributed by atoms with Crippen LogP contribution in [-0.4, -0.2) is 27.3 Å². The monoisotopic (exact) mass is 320 g/mol. The molecule has 0 fully saturated rings. The molecule has 5 nitrogen and oxygen atoms in total. The maximum absolute atomic E-state index is 11.8. The first-order valence-corrected chi connectivity index (χ1v) is 9.11. The van der Waals surface area contributed by atoms with Crippen LogP contribution in [0.2, 0.25) is 0 Å². The maximum Gasteiger partial charge on any atom is 0.211 e. The normalized spacial score (nSPS) is 15.8. The van der Waals surface area contributed by atoms with Crippen molar-refractivity contribution in [1.29, 1.82) is 0 Å². The Kier molecular flexibility index (Phi) is 4.22. The van der Waals surface area contributed by atoms with Gasteiger partial charge < -0.3 is 9.32 Å². The lowest BCUT2D eigenvalue weighted by Gasteiger charge is -2.29. The van der Waals surface area contributed by atoms with Gasteiger partial charge in [-0.05, 0) is 37.1 Å². The van der Waals surface area contributed by atoms with Gasteiger partial charge in [0.1, 0.15) is 11.8 Å². The molecule has 1 aromatic heterocycles. The smallest absolute Gasteiger partial charge is 0.211 e. The lowest BCUT2D eigenvalue weighted by Crippen LogP contribution is -2.37. The molecule has 2 heterocycles. The van der Waals surface area contributed by atoms with Crippen molar-refractivity contribution in [2.45, 2.75) is 19.4 Å². The molecule has 0 bridgehead atoms. The highest BCUT2D eigenvalue weighted by Gasteiger charge is 2.29. The van der Waals surface area contributed by atoms with Gasteiger partial charge in [0.25, 0.3) is 0 Å². The highest BCUT2D eigenvalue weighted by Crippen LogP contribution is 2.34. The van der Waals surface area contributed by atoms with E-state index < -0.39 is 10.0 Å². The zero-order valence-corrected chi connectivity index (χ0v) is 13.3. The lowest BCUT2D eigenvalue weighted by atomic mass is 10.1. The molecule has 1 aliphatic heterocycles. The highest BCUT2D eigenvalue weighted by atomic mass is 32.2. The molecule has 2 aromatic rings. The van der Waals surface area contributed by atoms with Crippen LogP contribution in [0.15, 0.2) is 47.1 Å². The van der Waals surface area contributed by atoms with Crippen LogP contribution in [0.1, 0.15) is 24.3 Å². The van der Waals surface area contributed by atoms with Crippen LogP contribution >= 0.6 is 0 Å². The van der Waals surface area contributed by atoms with E-state index in [4.69, 9.17) is 4.42 Å². The summed E-state index contributed by atoms with van der Waals surface area (Å²) < 4.78 is 31.8. The van der Waals surface area contributed by atoms with Gasteiger partial charge in [-0.1, -0.05) is 18.2 Å². The number of sulfonamides is 1. The predicted molar refractivity (Wildman–Crippen MR) is 86.4 cm³/mol. The quantitative estimate of drug-likeness (QED) is 0.887. The van der Waals surface area contributed by atoms with E-state index in [1.807, 2.05) is 24.3 Å². The van der Waals surface area contributed by atoms with Gasteiger partial charge in [0, 0.05) is 18.8 Å². The topological polar surface area (TPSA) is 62.6 Å². The second-order valence-electron chi connectivity index (χ2n) is 5.36. The summed E-state index contributed by atoms with van der Waals surface area (Å²) in [6.07, 6.45) is 2.59. The molecule has 22 heavy (non-hydrogen) atoms. The van der Waals surface area contributed by atoms with Crippen molar-refractivity contribution in [3.8, 4) is 0 Å². The number of anilines is 1. The Hall–Kier alpha value is -1.79. The van der Waals surface area contributed by atoms with Crippen molar-refractivity contribution in [3.63, 3.8) is 0 Å². The van der Waals surface area contributed by atoms with E-state index in [0.29, 0.717) is 6.54 Å². The average Bonchev–Trinajstić information content (AvgIpc) is 3.18. The minimum Gasteiger partial charge on any atom is -0.467 e. The van der Waals surface area contributed by atoms with Crippen LogP contribution in [-0.2, 0) is 16.4 Å². The van der Waals surface area contributed by atoms with Crippen LogP contribution in [0.3, 0.4) is 0 Å². The minimum absolute atomic E-state index is 0.0778. The van der Waals surface area contributed by atoms with Gasteiger partial charge in [-0.2, -0.15) is 0 Å². The van der Waals surface area contributed by atoms with Crippen LogP contribution < -0.4 is 9.62 Å². The number of fused-ring (bicyclic) bond motifs is 1. The number of nitrogens with zero attached hydrogens (tertiary/aromatic N) is 1. The molecule has 1 aromatic carbocycles. The van der Waals surface area contributed by atoms with Gasteiger partial charge in [-0.15, -0.1) is 0 Å². The van der Waals surface area contributed by atoms with Crippen molar-refractivity contribution < 1.29 is 12.8 Å². The average molecular weight is 320 g/mol. The van der Waals surface area contributed by atoms with Gasteiger partial charge >= 0.3 is 0 Å². The summed E-state index contributed by atoms with van der Waals surface area (Å²) >= 11 is 0. The van der Waals surface area contributed by atoms with E-state index in [-0.39, 0.29) is 11.8 Å². The molecule has 6 heteroatoms. The van der Waals surface area contributed by atoms with Crippen molar-refractivity contribution in [2.24, 2.45) is 0 Å². The first-order valence-electron chi connectivity index (χ1n) is 7.46. The number of rotatable bonds is 6. The number of benzene rings is 1. The van der Waals surface area contributed by atoms with Crippen molar-refractivity contribution in [1.82, 2.24) is 4.72 Å². The Labute approximate surface area is 131 Å². The Morgan fingerprint density at radius 2 is 2.09 bits per heavy atom. The Morgan fingerprint density at radius 3 is 2.82 bits per heavy atom. The number of furan rings is 1. The molecule has 0 amide bonds. The van der Waals surface area contributed by atoms with Crippen molar-refractivity contribution >= 4 is 15.7 Å². The third kappa shape index (κ3) is 3.03. The number of para-hydroxylation sites is 1. The molecular weight excluding hydrogens is 300 g/mol. The summed E-state index contributed by atoms with van der Waals surface area (Å²) in [5, 5.41) is 0. The van der Waals surface area contributed by atoms with Crippen LogP contribution in [0.25, 0.3) is 0 Å². The second kappa shape index (κ2) is 6.14. The van der Waals surface area contributed by atoms with Gasteiger partial charge in [0.15, 0.2) is 0 Å². The van der Waals surface area contributed by atoms with Gasteiger partial charge in [-0.25, -0.2) is 13.1 Å². The van der Waals surface area contributed by atoms with E-state index in [9.17, 15) is 8.42 Å². The summed E-state index contributed by atoms with van der Waals surface area (Å²) in [5.74, 6) is 0.851. The van der Waals surface area contributed by atoms with E-state index in [2.05, 4.69) is 21.8 Å². The molecule has 118 valence electrons. The maximum atomic E-state index is 11.8. The Morgan fingerprint density at radius 1 is 1.27 bits per heavy atom. The van der Waals surface area contributed by atoms with Gasteiger partial charge in [0.2, 0.25) is 10.0 Å². The van der Waals surface area contributed by atoms with E-state index in [1.54, 1.807) is 13.2 Å². The van der Waals surface area contributed by atoms with Gasteiger partial charge in [0.05, 0.1) is 12.0 Å². The standard InChI is InChI=1S/C16H20N2O3S/c1-2-22(19,20)17-12-15(16-8-5-11-21-16)18-10-9-13-6-3-4-7-14(13)18/h3-8,11,15,17H,2,9-10,12H2,1H3. The van der Waals surface area contributed by atoms with Crippen LogP contribution in [0, 0.1) is 0 Å². The third-order valence-electron chi connectivity index (χ3n) is 4.05. The molecule has 1 aliphatic rings. The fourth-order valence-electron chi connectivity index (χ4n) is 2.84. The molecule has 1 N–H and O–H groups in total. The molecule has 1 unspecified atom stereocenters. The Bertz CT molecular complexity index is 726. The van der Waals surface area contributed by atoms with Gasteiger partial charge in [-0.3, -0.25) is 0 Å². The number of hydrogen-bond acceptors (Lipinski definition) is 4. The molecule has 1 atom stereocenters. The molecule has 0 spiro atoms. The predicted octanol–water partition coefficient (Wildman–Crippen LogP) is 2.32. The number of hydrogen-bond donors (Lipinski definition) is 1. The summed E-state index contributed by atoms with van der Waals surface area (Å²) in [5.41, 5.74) is 2.44. The van der Waals surface area contributed by atoms with Crippen LogP contribution in [0.4, 0.5) is 5.69 Å².